The first-order valence-electron chi connectivity index (χ1n) is 4.15. The quantitative estimate of drug-likeness (QED) is 0.703. The highest BCUT2D eigenvalue weighted by atomic mass is 16.3. The van der Waals surface area contributed by atoms with Crippen LogP contribution in [0.2, 0.25) is 0 Å². The Hall–Kier alpha value is -1.03. The largest absolute Gasteiger partial charge is 0.396 e. The number of aromatic nitrogens is 3. The molecule has 0 radical (unpaired) electrons. The van der Waals surface area contributed by atoms with Gasteiger partial charge in [0.05, 0.1) is 18.5 Å². The molecule has 1 aromatic heterocycles. The highest BCUT2D eigenvalue weighted by molar-refractivity contribution is 4.96. The van der Waals surface area contributed by atoms with Gasteiger partial charge in [0.25, 0.3) is 0 Å². The summed E-state index contributed by atoms with van der Waals surface area (Å²) in [5, 5.41) is 16.2. The second-order valence-electron chi connectivity index (χ2n) is 2.59. The topological polar surface area (TPSA) is 58.9 Å². The van der Waals surface area contributed by atoms with Crippen LogP contribution >= 0.6 is 0 Å². The van der Waals surface area contributed by atoms with E-state index in [4.69, 9.17) is 5.11 Å². The van der Waals surface area contributed by atoms with Crippen molar-refractivity contribution in [3.63, 3.8) is 0 Å². The van der Waals surface area contributed by atoms with Crippen LogP contribution in [-0.2, 0) is 12.8 Å². The summed E-state index contributed by atoms with van der Waals surface area (Å²) in [6, 6.07) is 0. The first-order chi connectivity index (χ1) is 5.86. The van der Waals surface area contributed by atoms with Crippen LogP contribution in [0.1, 0.15) is 24.9 Å². The van der Waals surface area contributed by atoms with Crippen molar-refractivity contribution in [3.8, 4) is 0 Å². The van der Waals surface area contributed by atoms with E-state index in [1.807, 2.05) is 0 Å². The molecule has 0 aliphatic carbocycles. The number of aliphatic hydroxyl groups is 1. The molecule has 0 spiro atoms. The van der Waals surface area contributed by atoms with Gasteiger partial charge in [0, 0.05) is 6.42 Å². The average molecular weight is 167 g/mol. The maximum absolute atomic E-state index is 8.63. The van der Waals surface area contributed by atoms with Crippen LogP contribution in [0.25, 0.3) is 0 Å². The van der Waals surface area contributed by atoms with Gasteiger partial charge in [-0.15, -0.1) is 5.10 Å². The molecule has 1 rings (SSSR count). The molecule has 0 saturated heterocycles. The normalized spacial score (nSPS) is 10.2. The molecule has 0 saturated carbocycles. The lowest BCUT2D eigenvalue weighted by molar-refractivity contribution is 0.296. The minimum atomic E-state index is 0.0806. The number of rotatable bonds is 4. The van der Waals surface area contributed by atoms with Crippen LogP contribution in [0, 0.1) is 0 Å². The summed E-state index contributed by atoms with van der Waals surface area (Å²) in [6.07, 6.45) is 4.14. The van der Waals surface area contributed by atoms with Gasteiger partial charge in [-0.2, -0.15) is 5.10 Å². The Morgan fingerprint density at radius 1 is 1.42 bits per heavy atom. The van der Waals surface area contributed by atoms with Crippen LogP contribution in [0.5, 0.6) is 0 Å². The molecule has 12 heavy (non-hydrogen) atoms. The van der Waals surface area contributed by atoms with E-state index >= 15 is 0 Å². The van der Waals surface area contributed by atoms with E-state index in [0.29, 0.717) is 12.2 Å². The number of hydrogen-bond acceptors (Lipinski definition) is 4. The van der Waals surface area contributed by atoms with Gasteiger partial charge in [-0.05, 0) is 6.42 Å². The molecule has 4 nitrogen and oxygen atoms in total. The molecule has 0 unspecified atom stereocenters. The fraction of sp³-hybridized carbons (Fsp3) is 0.625. The summed E-state index contributed by atoms with van der Waals surface area (Å²) < 4.78 is 0. The van der Waals surface area contributed by atoms with Crippen LogP contribution in [0.3, 0.4) is 0 Å². The Balaban J connectivity index is 2.67. The standard InChI is InChI=1S/C8H13N3O/c1-2-3-7-6-9-11-8(10-7)4-5-12/h6,12H,2-5H2,1H3. The zero-order valence-corrected chi connectivity index (χ0v) is 7.19. The summed E-state index contributed by atoms with van der Waals surface area (Å²) >= 11 is 0. The minimum Gasteiger partial charge on any atom is -0.396 e. The van der Waals surface area contributed by atoms with Crippen molar-refractivity contribution >= 4 is 0 Å². The molecular weight excluding hydrogens is 154 g/mol. The lowest BCUT2D eigenvalue weighted by Gasteiger charge is -1.98. The zero-order valence-electron chi connectivity index (χ0n) is 7.19. The molecule has 0 aromatic carbocycles. The third-order valence-electron chi connectivity index (χ3n) is 1.49. The molecule has 1 N–H and O–H groups in total. The fourth-order valence-corrected chi connectivity index (χ4v) is 0.962. The summed E-state index contributed by atoms with van der Waals surface area (Å²) in [7, 11) is 0. The van der Waals surface area contributed by atoms with Crippen LogP contribution < -0.4 is 0 Å². The molecule has 0 atom stereocenters. The van der Waals surface area contributed by atoms with Gasteiger partial charge in [-0.3, -0.25) is 0 Å². The Morgan fingerprint density at radius 2 is 2.25 bits per heavy atom. The summed E-state index contributed by atoms with van der Waals surface area (Å²) in [5.74, 6) is 0.628. The van der Waals surface area contributed by atoms with Gasteiger partial charge in [0.15, 0.2) is 5.82 Å². The molecule has 0 bridgehead atoms. The van der Waals surface area contributed by atoms with E-state index in [2.05, 4.69) is 22.1 Å². The third kappa shape index (κ3) is 2.54. The SMILES string of the molecule is CCCc1cnnc(CCO)n1. The van der Waals surface area contributed by atoms with Crippen LogP contribution in [0.15, 0.2) is 6.20 Å². The molecule has 1 heterocycles. The van der Waals surface area contributed by atoms with Crippen molar-refractivity contribution in [2.45, 2.75) is 26.2 Å². The Bertz CT molecular complexity index is 218. The van der Waals surface area contributed by atoms with Crippen molar-refractivity contribution in [2.24, 2.45) is 0 Å². The molecule has 0 aliphatic heterocycles. The monoisotopic (exact) mass is 167 g/mol. The first kappa shape index (κ1) is 9.06. The van der Waals surface area contributed by atoms with Crippen molar-refractivity contribution in [1.82, 2.24) is 15.2 Å². The van der Waals surface area contributed by atoms with Crippen molar-refractivity contribution < 1.29 is 5.11 Å². The van der Waals surface area contributed by atoms with E-state index in [-0.39, 0.29) is 6.61 Å². The van der Waals surface area contributed by atoms with Crippen molar-refractivity contribution in [3.05, 3.63) is 17.7 Å². The molecule has 66 valence electrons. The third-order valence-corrected chi connectivity index (χ3v) is 1.49. The fourth-order valence-electron chi connectivity index (χ4n) is 0.962. The summed E-state index contributed by atoms with van der Waals surface area (Å²) in [4.78, 5) is 4.22. The van der Waals surface area contributed by atoms with E-state index in [9.17, 15) is 0 Å². The van der Waals surface area contributed by atoms with E-state index in [1.165, 1.54) is 0 Å². The maximum atomic E-state index is 8.63. The van der Waals surface area contributed by atoms with E-state index in [1.54, 1.807) is 6.20 Å². The Kier molecular flexibility index (Phi) is 3.60. The van der Waals surface area contributed by atoms with Crippen molar-refractivity contribution in [2.75, 3.05) is 6.61 Å². The van der Waals surface area contributed by atoms with Crippen LogP contribution in [-0.4, -0.2) is 26.9 Å². The van der Waals surface area contributed by atoms with Gasteiger partial charge in [-0.1, -0.05) is 13.3 Å². The molecule has 4 heteroatoms. The van der Waals surface area contributed by atoms with Gasteiger partial charge < -0.3 is 5.11 Å². The molecule has 0 amide bonds. The van der Waals surface area contributed by atoms with Crippen molar-refractivity contribution in [1.29, 1.82) is 0 Å². The van der Waals surface area contributed by atoms with Gasteiger partial charge in [-0.25, -0.2) is 4.98 Å². The molecule has 1 aromatic rings. The Morgan fingerprint density at radius 3 is 2.92 bits per heavy atom. The Labute approximate surface area is 71.7 Å². The minimum absolute atomic E-state index is 0.0806. The molecular formula is C8H13N3O. The van der Waals surface area contributed by atoms with Gasteiger partial charge in [0.1, 0.15) is 0 Å². The molecule has 0 fully saturated rings. The second-order valence-corrected chi connectivity index (χ2v) is 2.59. The van der Waals surface area contributed by atoms with E-state index in [0.717, 1.165) is 18.5 Å². The first-order valence-corrected chi connectivity index (χ1v) is 4.15. The zero-order chi connectivity index (χ0) is 8.81. The molecule has 0 aliphatic rings. The predicted octanol–water partition coefficient (Wildman–Crippen LogP) is 0.359. The average Bonchev–Trinajstić information content (AvgIpc) is 2.06. The van der Waals surface area contributed by atoms with E-state index < -0.39 is 0 Å². The lowest BCUT2D eigenvalue weighted by Crippen LogP contribution is -2.03. The maximum Gasteiger partial charge on any atom is 0.153 e. The summed E-state index contributed by atoms with van der Waals surface area (Å²) in [5.41, 5.74) is 0.955. The smallest absolute Gasteiger partial charge is 0.153 e. The highest BCUT2D eigenvalue weighted by Crippen LogP contribution is 1.97. The predicted molar refractivity (Wildman–Crippen MR) is 44.6 cm³/mol. The second kappa shape index (κ2) is 4.77. The number of aliphatic hydroxyl groups excluding tert-OH is 1. The van der Waals surface area contributed by atoms with Gasteiger partial charge in [0.2, 0.25) is 0 Å². The summed E-state index contributed by atoms with van der Waals surface area (Å²) in [6.45, 7) is 2.17. The van der Waals surface area contributed by atoms with Crippen LogP contribution in [0.4, 0.5) is 0 Å². The van der Waals surface area contributed by atoms with Gasteiger partial charge >= 0.3 is 0 Å². The number of hydrogen-bond donors (Lipinski definition) is 1. The number of aryl methyl sites for hydroxylation is 1. The highest BCUT2D eigenvalue weighted by Gasteiger charge is 1.98. The number of nitrogens with zero attached hydrogens (tertiary/aromatic N) is 3. The lowest BCUT2D eigenvalue weighted by atomic mass is 10.3.